The van der Waals surface area contributed by atoms with Crippen LogP contribution in [-0.2, 0) is 10.0 Å². The molecule has 1 aromatic carbocycles. The van der Waals surface area contributed by atoms with Crippen LogP contribution < -0.4 is 10.5 Å². The normalized spacial score (nSPS) is 13.6. The molecule has 0 heterocycles. The number of nitrogens with one attached hydrogen (secondary N) is 1. The third-order valence-electron chi connectivity index (χ3n) is 2.35. The molecule has 0 bridgehead atoms. The molecule has 96 valence electrons. The zero-order valence-corrected chi connectivity index (χ0v) is 10.5. The molecule has 0 aliphatic rings. The number of halogens is 1. The molecule has 0 radical (unpaired) electrons. The minimum Gasteiger partial charge on any atom is -0.329 e. The first-order chi connectivity index (χ1) is 7.99. The number of hydrogen-bond donors (Lipinski definition) is 2. The van der Waals surface area contributed by atoms with Gasteiger partial charge in [0.2, 0.25) is 10.0 Å². The zero-order valence-electron chi connectivity index (χ0n) is 9.69. The predicted molar refractivity (Wildman–Crippen MR) is 64.5 cm³/mol. The van der Waals surface area contributed by atoms with Crippen molar-refractivity contribution in [2.45, 2.75) is 30.7 Å². The molecule has 0 spiro atoms. The summed E-state index contributed by atoms with van der Waals surface area (Å²) in [6.45, 7) is 2.17. The van der Waals surface area contributed by atoms with E-state index in [9.17, 15) is 12.8 Å². The number of rotatable bonds is 6. The summed E-state index contributed by atoms with van der Waals surface area (Å²) in [6, 6.07) is 4.59. The highest BCUT2D eigenvalue weighted by atomic mass is 32.2. The van der Waals surface area contributed by atoms with E-state index in [1.54, 1.807) is 0 Å². The summed E-state index contributed by atoms with van der Waals surface area (Å²) in [5.74, 6) is -0.576. The Balaban J connectivity index is 2.88. The Bertz CT molecular complexity index is 462. The van der Waals surface area contributed by atoms with Gasteiger partial charge in [-0.15, -0.1) is 0 Å². The molecule has 0 aliphatic heterocycles. The fourth-order valence-corrected chi connectivity index (χ4v) is 2.81. The van der Waals surface area contributed by atoms with Crippen LogP contribution in [0.15, 0.2) is 29.2 Å². The van der Waals surface area contributed by atoms with E-state index in [0.29, 0.717) is 6.42 Å². The lowest BCUT2D eigenvalue weighted by Crippen LogP contribution is -2.40. The van der Waals surface area contributed by atoms with Crippen molar-refractivity contribution in [3.05, 3.63) is 30.1 Å². The van der Waals surface area contributed by atoms with Gasteiger partial charge in [-0.05, 0) is 24.6 Å². The Morgan fingerprint density at radius 3 is 2.71 bits per heavy atom. The lowest BCUT2D eigenvalue weighted by molar-refractivity contribution is 0.526. The molecule has 1 aromatic rings. The van der Waals surface area contributed by atoms with Gasteiger partial charge < -0.3 is 5.73 Å². The van der Waals surface area contributed by atoms with Crippen molar-refractivity contribution in [3.8, 4) is 0 Å². The maximum Gasteiger partial charge on any atom is 0.240 e. The highest BCUT2D eigenvalue weighted by Gasteiger charge is 2.18. The van der Waals surface area contributed by atoms with Crippen LogP contribution >= 0.6 is 0 Å². The summed E-state index contributed by atoms with van der Waals surface area (Å²) in [5, 5.41) is 0. The summed E-state index contributed by atoms with van der Waals surface area (Å²) < 4.78 is 39.2. The molecule has 0 saturated carbocycles. The number of nitrogens with two attached hydrogens (primary N) is 1. The molecule has 3 N–H and O–H groups in total. The Morgan fingerprint density at radius 1 is 1.47 bits per heavy atom. The van der Waals surface area contributed by atoms with Gasteiger partial charge in [-0.25, -0.2) is 17.5 Å². The van der Waals surface area contributed by atoms with E-state index in [4.69, 9.17) is 5.73 Å². The topological polar surface area (TPSA) is 72.2 Å². The summed E-state index contributed by atoms with van der Waals surface area (Å²) in [6.07, 6.45) is 1.48. The SMILES string of the molecule is CCCC(CN)NS(=O)(=O)c1cccc(F)c1. The molecule has 4 nitrogen and oxygen atoms in total. The lowest BCUT2D eigenvalue weighted by Gasteiger charge is -2.16. The Labute approximate surface area is 101 Å². The van der Waals surface area contributed by atoms with Gasteiger partial charge in [0.05, 0.1) is 4.90 Å². The van der Waals surface area contributed by atoms with Crippen LogP contribution in [0.5, 0.6) is 0 Å². The molecule has 1 unspecified atom stereocenters. The van der Waals surface area contributed by atoms with Crippen LogP contribution in [0, 0.1) is 5.82 Å². The molecule has 0 saturated heterocycles. The zero-order chi connectivity index (χ0) is 12.9. The van der Waals surface area contributed by atoms with E-state index in [1.165, 1.54) is 18.2 Å². The van der Waals surface area contributed by atoms with Crippen LogP contribution in [0.4, 0.5) is 4.39 Å². The first-order valence-electron chi connectivity index (χ1n) is 5.47. The van der Waals surface area contributed by atoms with Crippen molar-refractivity contribution in [2.75, 3.05) is 6.54 Å². The third kappa shape index (κ3) is 4.07. The molecular formula is C11H17FN2O2S. The van der Waals surface area contributed by atoms with Gasteiger partial charge in [-0.2, -0.15) is 0 Å². The highest BCUT2D eigenvalue weighted by molar-refractivity contribution is 7.89. The van der Waals surface area contributed by atoms with Crippen molar-refractivity contribution in [3.63, 3.8) is 0 Å². The Morgan fingerprint density at radius 2 is 2.18 bits per heavy atom. The van der Waals surface area contributed by atoms with Crippen molar-refractivity contribution in [1.82, 2.24) is 4.72 Å². The minimum absolute atomic E-state index is 0.0768. The molecule has 0 aliphatic carbocycles. The summed E-state index contributed by atoms with van der Waals surface area (Å²) in [4.78, 5) is -0.0768. The highest BCUT2D eigenvalue weighted by Crippen LogP contribution is 2.11. The number of hydrogen-bond acceptors (Lipinski definition) is 3. The van der Waals surface area contributed by atoms with Crippen molar-refractivity contribution in [1.29, 1.82) is 0 Å². The smallest absolute Gasteiger partial charge is 0.240 e. The molecule has 6 heteroatoms. The fourth-order valence-electron chi connectivity index (χ4n) is 1.49. The van der Waals surface area contributed by atoms with Crippen LogP contribution in [0.1, 0.15) is 19.8 Å². The second-order valence-corrected chi connectivity index (χ2v) is 5.51. The van der Waals surface area contributed by atoms with Crippen molar-refractivity contribution >= 4 is 10.0 Å². The van der Waals surface area contributed by atoms with Crippen LogP contribution in [-0.4, -0.2) is 21.0 Å². The minimum atomic E-state index is -3.69. The van der Waals surface area contributed by atoms with E-state index >= 15 is 0 Å². The van der Waals surface area contributed by atoms with Crippen LogP contribution in [0.25, 0.3) is 0 Å². The standard InChI is InChI=1S/C11H17FN2O2S/c1-2-4-10(8-13)14-17(15,16)11-6-3-5-9(12)7-11/h3,5-7,10,14H,2,4,8,13H2,1H3. The summed E-state index contributed by atoms with van der Waals surface area (Å²) >= 11 is 0. The van der Waals surface area contributed by atoms with Gasteiger partial charge in [0.25, 0.3) is 0 Å². The van der Waals surface area contributed by atoms with E-state index in [2.05, 4.69) is 4.72 Å². The monoisotopic (exact) mass is 260 g/mol. The van der Waals surface area contributed by atoms with Crippen LogP contribution in [0.3, 0.4) is 0 Å². The average molecular weight is 260 g/mol. The van der Waals surface area contributed by atoms with Gasteiger partial charge in [0, 0.05) is 12.6 Å². The molecule has 1 rings (SSSR count). The summed E-state index contributed by atoms with van der Waals surface area (Å²) in [7, 11) is -3.69. The van der Waals surface area contributed by atoms with E-state index in [-0.39, 0.29) is 17.5 Å². The van der Waals surface area contributed by atoms with Gasteiger partial charge in [0.1, 0.15) is 5.82 Å². The number of sulfonamides is 1. The largest absolute Gasteiger partial charge is 0.329 e. The van der Waals surface area contributed by atoms with Gasteiger partial charge in [-0.3, -0.25) is 0 Å². The van der Waals surface area contributed by atoms with Crippen molar-refractivity contribution < 1.29 is 12.8 Å². The molecular weight excluding hydrogens is 243 g/mol. The van der Waals surface area contributed by atoms with Gasteiger partial charge in [0.15, 0.2) is 0 Å². The van der Waals surface area contributed by atoms with Crippen molar-refractivity contribution in [2.24, 2.45) is 5.73 Å². The number of benzene rings is 1. The van der Waals surface area contributed by atoms with Gasteiger partial charge in [-0.1, -0.05) is 19.4 Å². The van der Waals surface area contributed by atoms with E-state index in [0.717, 1.165) is 12.5 Å². The maximum atomic E-state index is 12.9. The first kappa shape index (κ1) is 14.1. The second kappa shape index (κ2) is 6.09. The molecule has 0 aromatic heterocycles. The molecule has 0 amide bonds. The summed E-state index contributed by atoms with van der Waals surface area (Å²) in [5.41, 5.74) is 5.47. The average Bonchev–Trinajstić information content (AvgIpc) is 2.28. The maximum absolute atomic E-state index is 12.9. The predicted octanol–water partition coefficient (Wildman–Crippen LogP) is 1.23. The quantitative estimate of drug-likeness (QED) is 0.808. The lowest BCUT2D eigenvalue weighted by atomic mass is 10.2. The fraction of sp³-hybridized carbons (Fsp3) is 0.455. The Kier molecular flexibility index (Phi) is 5.04. The second-order valence-electron chi connectivity index (χ2n) is 3.80. The van der Waals surface area contributed by atoms with Gasteiger partial charge >= 0.3 is 0 Å². The van der Waals surface area contributed by atoms with E-state index < -0.39 is 15.8 Å². The molecule has 0 fully saturated rings. The Hall–Kier alpha value is -0.980. The third-order valence-corrected chi connectivity index (χ3v) is 3.87. The molecule has 17 heavy (non-hydrogen) atoms. The molecule has 1 atom stereocenters. The van der Waals surface area contributed by atoms with E-state index in [1.807, 2.05) is 6.92 Å². The first-order valence-corrected chi connectivity index (χ1v) is 6.96. The van der Waals surface area contributed by atoms with Crippen LogP contribution in [0.2, 0.25) is 0 Å².